The molecule has 0 bridgehead atoms. The van der Waals surface area contributed by atoms with Crippen molar-refractivity contribution in [3.05, 3.63) is 42.5 Å². The summed E-state index contributed by atoms with van der Waals surface area (Å²) in [6.45, 7) is 5.19. The van der Waals surface area contributed by atoms with E-state index in [-0.39, 0.29) is 17.4 Å². The van der Waals surface area contributed by atoms with Crippen LogP contribution in [0.5, 0.6) is 0 Å². The molecule has 0 saturated carbocycles. The molecule has 2 aromatic carbocycles. The maximum atomic E-state index is 12.7. The van der Waals surface area contributed by atoms with Gasteiger partial charge in [0.05, 0.1) is 0 Å². The molecule has 2 aliphatic heterocycles. The van der Waals surface area contributed by atoms with Crippen LogP contribution in [0.3, 0.4) is 0 Å². The number of rotatable bonds is 2. The van der Waals surface area contributed by atoms with Gasteiger partial charge in [0.2, 0.25) is 5.91 Å². The van der Waals surface area contributed by atoms with Gasteiger partial charge in [-0.25, -0.2) is 4.79 Å². The van der Waals surface area contributed by atoms with Crippen LogP contribution in [0, 0.1) is 5.41 Å². The monoisotopic (exact) mass is 365 g/mol. The van der Waals surface area contributed by atoms with Crippen molar-refractivity contribution in [1.29, 1.82) is 0 Å². The van der Waals surface area contributed by atoms with Gasteiger partial charge in [0.15, 0.2) is 0 Å². The van der Waals surface area contributed by atoms with Crippen LogP contribution in [0.15, 0.2) is 42.5 Å². The second-order valence-corrected chi connectivity index (χ2v) is 7.89. The highest BCUT2D eigenvalue weighted by Gasteiger charge is 2.41. The minimum atomic E-state index is -0.0284. The molecule has 0 aromatic heterocycles. The van der Waals surface area contributed by atoms with E-state index in [1.807, 2.05) is 47.1 Å². The highest BCUT2D eigenvalue weighted by atomic mass is 16.2. The zero-order chi connectivity index (χ0) is 18.9. The summed E-state index contributed by atoms with van der Waals surface area (Å²) in [5.74, 6) is 0.277. The van der Waals surface area contributed by atoms with Crippen LogP contribution in [-0.2, 0) is 4.79 Å². The van der Waals surface area contributed by atoms with Crippen molar-refractivity contribution < 1.29 is 9.59 Å². The number of carbonyl (C=O) groups excluding carboxylic acids is 2. The Morgan fingerprint density at radius 2 is 1.81 bits per heavy atom. The summed E-state index contributed by atoms with van der Waals surface area (Å²) >= 11 is 0. The Kier molecular flexibility index (Phi) is 4.77. The number of nitrogens with one attached hydrogen (secondary N) is 1. The van der Waals surface area contributed by atoms with Crippen LogP contribution in [0.25, 0.3) is 10.8 Å². The molecule has 5 nitrogen and oxygen atoms in total. The van der Waals surface area contributed by atoms with Crippen LogP contribution in [0.1, 0.15) is 32.6 Å². The van der Waals surface area contributed by atoms with Crippen molar-refractivity contribution in [3.63, 3.8) is 0 Å². The van der Waals surface area contributed by atoms with Gasteiger partial charge in [-0.05, 0) is 54.5 Å². The van der Waals surface area contributed by atoms with Gasteiger partial charge in [-0.15, -0.1) is 0 Å². The van der Waals surface area contributed by atoms with Gasteiger partial charge in [-0.3, -0.25) is 4.79 Å². The van der Waals surface area contributed by atoms with Gasteiger partial charge in [-0.2, -0.15) is 0 Å². The lowest BCUT2D eigenvalue weighted by Gasteiger charge is -2.47. The normalized spacial score (nSPS) is 19.5. The third kappa shape index (κ3) is 3.64. The third-order valence-corrected chi connectivity index (χ3v) is 6.24. The maximum Gasteiger partial charge on any atom is 0.321 e. The first kappa shape index (κ1) is 17.8. The number of hydrogen-bond acceptors (Lipinski definition) is 2. The van der Waals surface area contributed by atoms with Crippen LogP contribution >= 0.6 is 0 Å². The number of amides is 3. The van der Waals surface area contributed by atoms with Crippen molar-refractivity contribution >= 4 is 28.4 Å². The zero-order valence-electron chi connectivity index (χ0n) is 15.9. The largest absolute Gasteiger partial charge is 0.342 e. The second-order valence-electron chi connectivity index (χ2n) is 7.89. The van der Waals surface area contributed by atoms with Crippen molar-refractivity contribution in [3.8, 4) is 0 Å². The Morgan fingerprint density at radius 3 is 2.56 bits per heavy atom. The lowest BCUT2D eigenvalue weighted by atomic mass is 9.72. The predicted octanol–water partition coefficient (Wildman–Crippen LogP) is 4.10. The van der Waals surface area contributed by atoms with Crippen molar-refractivity contribution in [1.82, 2.24) is 9.80 Å². The average molecular weight is 365 g/mol. The Balaban J connectivity index is 1.37. The van der Waals surface area contributed by atoms with Crippen molar-refractivity contribution in [2.45, 2.75) is 32.6 Å². The molecule has 142 valence electrons. The predicted molar refractivity (Wildman–Crippen MR) is 108 cm³/mol. The van der Waals surface area contributed by atoms with E-state index in [0.29, 0.717) is 6.42 Å². The van der Waals surface area contributed by atoms with Crippen molar-refractivity contribution in [2.24, 2.45) is 5.41 Å². The zero-order valence-corrected chi connectivity index (χ0v) is 15.9. The molecule has 3 amide bonds. The van der Waals surface area contributed by atoms with Gasteiger partial charge in [0.1, 0.15) is 0 Å². The van der Waals surface area contributed by atoms with Gasteiger partial charge in [-0.1, -0.05) is 30.3 Å². The molecule has 0 aliphatic carbocycles. The number of piperidine rings is 2. The van der Waals surface area contributed by atoms with Crippen LogP contribution in [0.2, 0.25) is 0 Å². The molecule has 2 aliphatic rings. The number of benzene rings is 2. The number of hydrogen-bond donors (Lipinski definition) is 1. The SMILES string of the molecule is CCN1CC2(CCC1=O)CCN(C(=O)Nc1ccc3ccccc3c1)CC2. The fourth-order valence-electron chi connectivity index (χ4n) is 4.45. The van der Waals surface area contributed by atoms with Gasteiger partial charge in [0, 0.05) is 38.3 Å². The molecule has 2 aromatic rings. The summed E-state index contributed by atoms with van der Waals surface area (Å²) in [4.78, 5) is 28.6. The topological polar surface area (TPSA) is 52.7 Å². The number of urea groups is 1. The molecule has 0 unspecified atom stereocenters. The molecule has 1 spiro atoms. The molecule has 0 atom stereocenters. The van der Waals surface area contributed by atoms with Gasteiger partial charge < -0.3 is 15.1 Å². The summed E-state index contributed by atoms with van der Waals surface area (Å²) in [5.41, 5.74) is 1.03. The quantitative estimate of drug-likeness (QED) is 0.871. The average Bonchev–Trinajstić information content (AvgIpc) is 2.70. The summed E-state index contributed by atoms with van der Waals surface area (Å²) in [6.07, 6.45) is 3.56. The molecule has 2 heterocycles. The van der Waals surface area contributed by atoms with E-state index in [1.165, 1.54) is 5.39 Å². The Morgan fingerprint density at radius 1 is 1.07 bits per heavy atom. The first-order valence-electron chi connectivity index (χ1n) is 9.91. The minimum absolute atomic E-state index is 0.0284. The van der Waals surface area contributed by atoms with E-state index in [4.69, 9.17) is 0 Å². The molecule has 1 N–H and O–H groups in total. The summed E-state index contributed by atoms with van der Waals surface area (Å²) in [7, 11) is 0. The molecule has 2 saturated heterocycles. The fourth-order valence-corrected chi connectivity index (χ4v) is 4.45. The lowest BCUT2D eigenvalue weighted by Crippen LogP contribution is -2.52. The smallest absolute Gasteiger partial charge is 0.321 e. The molecular weight excluding hydrogens is 338 g/mol. The Labute approximate surface area is 160 Å². The van der Waals surface area contributed by atoms with E-state index in [2.05, 4.69) is 17.4 Å². The first-order chi connectivity index (χ1) is 13.1. The van der Waals surface area contributed by atoms with Crippen LogP contribution in [-0.4, -0.2) is 47.9 Å². The van der Waals surface area contributed by atoms with E-state index >= 15 is 0 Å². The number of nitrogens with zero attached hydrogens (tertiary/aromatic N) is 2. The molecular formula is C22H27N3O2. The fraction of sp³-hybridized carbons (Fsp3) is 0.455. The highest BCUT2D eigenvalue weighted by molar-refractivity contribution is 5.93. The molecule has 27 heavy (non-hydrogen) atoms. The molecule has 4 rings (SSSR count). The molecule has 2 fully saturated rings. The summed E-state index contributed by atoms with van der Waals surface area (Å²) in [5, 5.41) is 5.34. The third-order valence-electron chi connectivity index (χ3n) is 6.24. The highest BCUT2D eigenvalue weighted by Crippen LogP contribution is 2.40. The minimum Gasteiger partial charge on any atom is -0.342 e. The first-order valence-corrected chi connectivity index (χ1v) is 9.91. The van der Waals surface area contributed by atoms with Crippen LogP contribution in [0.4, 0.5) is 10.5 Å². The second kappa shape index (κ2) is 7.22. The standard InChI is InChI=1S/C22H27N3O2/c1-2-24-16-22(10-9-20(24)26)11-13-25(14-12-22)21(27)23-19-8-7-17-5-3-4-6-18(17)15-19/h3-8,15H,2,9-14,16H2,1H3,(H,23,27). The van der Waals surface area contributed by atoms with Crippen molar-refractivity contribution in [2.75, 3.05) is 31.5 Å². The van der Waals surface area contributed by atoms with Crippen LogP contribution < -0.4 is 5.32 Å². The summed E-state index contributed by atoms with van der Waals surface area (Å²) < 4.78 is 0. The van der Waals surface area contributed by atoms with E-state index in [9.17, 15) is 9.59 Å². The molecule has 0 radical (unpaired) electrons. The molecule has 5 heteroatoms. The Hall–Kier alpha value is -2.56. The number of carbonyl (C=O) groups is 2. The van der Waals surface area contributed by atoms with E-state index < -0.39 is 0 Å². The van der Waals surface area contributed by atoms with E-state index in [1.54, 1.807) is 0 Å². The number of likely N-dealkylation sites (tertiary alicyclic amines) is 2. The van der Waals surface area contributed by atoms with E-state index in [0.717, 1.165) is 56.5 Å². The van der Waals surface area contributed by atoms with Gasteiger partial charge >= 0.3 is 6.03 Å². The number of fused-ring (bicyclic) bond motifs is 1. The lowest BCUT2D eigenvalue weighted by molar-refractivity contribution is -0.138. The maximum absolute atomic E-state index is 12.7. The van der Waals surface area contributed by atoms with Gasteiger partial charge in [0.25, 0.3) is 0 Å². The summed E-state index contributed by atoms with van der Waals surface area (Å²) in [6, 6.07) is 14.1. The Bertz CT molecular complexity index is 856. The number of anilines is 1.